The number of carbonyl (C=O) groups excluding carboxylic acids is 2. The summed E-state index contributed by atoms with van der Waals surface area (Å²) in [5, 5.41) is 2.96. The molecule has 2 aromatic rings. The maximum atomic E-state index is 13.1. The molecule has 2 heterocycles. The van der Waals surface area contributed by atoms with Crippen molar-refractivity contribution in [3.63, 3.8) is 0 Å². The molecule has 0 atom stereocenters. The molecule has 156 valence electrons. The number of hydrogen-bond acceptors (Lipinski definition) is 3. The van der Waals surface area contributed by atoms with Crippen molar-refractivity contribution in [1.29, 1.82) is 0 Å². The van der Waals surface area contributed by atoms with Gasteiger partial charge in [0.05, 0.1) is 11.7 Å². The number of carbonyl (C=O) groups is 2. The fourth-order valence-corrected chi connectivity index (χ4v) is 4.05. The van der Waals surface area contributed by atoms with Crippen LogP contribution in [0.5, 0.6) is 5.75 Å². The number of methoxy groups -OCH3 is 1. The summed E-state index contributed by atoms with van der Waals surface area (Å²) in [7, 11) is 1.64. The Kier molecular flexibility index (Phi) is 7.36. The largest absolute Gasteiger partial charge is 0.497 e. The van der Waals surface area contributed by atoms with Crippen LogP contribution in [0.25, 0.3) is 0 Å². The highest BCUT2D eigenvalue weighted by Gasteiger charge is 2.29. The highest BCUT2D eigenvalue weighted by molar-refractivity contribution is 9.10. The van der Waals surface area contributed by atoms with Crippen molar-refractivity contribution in [3.05, 3.63) is 52.3 Å². The van der Waals surface area contributed by atoms with Gasteiger partial charge >= 0.3 is 0 Å². The second-order valence-electron chi connectivity index (χ2n) is 7.33. The molecule has 29 heavy (non-hydrogen) atoms. The number of amides is 2. The second kappa shape index (κ2) is 9.96. The van der Waals surface area contributed by atoms with E-state index in [1.54, 1.807) is 7.11 Å². The van der Waals surface area contributed by atoms with Gasteiger partial charge in [-0.25, -0.2) is 0 Å². The SMILES string of the molecule is CCCNC(=O)C1CCN(C(=O)c2ccc(Br)n2Cc2ccc(OC)cc2)CC1. The van der Waals surface area contributed by atoms with E-state index in [0.29, 0.717) is 44.7 Å². The van der Waals surface area contributed by atoms with Crippen LogP contribution in [0, 0.1) is 5.92 Å². The maximum Gasteiger partial charge on any atom is 0.270 e. The van der Waals surface area contributed by atoms with Crippen LogP contribution >= 0.6 is 15.9 Å². The van der Waals surface area contributed by atoms with Gasteiger partial charge in [0.25, 0.3) is 5.91 Å². The summed E-state index contributed by atoms with van der Waals surface area (Å²) in [6.45, 7) is 4.56. The van der Waals surface area contributed by atoms with E-state index in [1.165, 1.54) is 0 Å². The molecule has 0 bridgehead atoms. The molecule has 1 aliphatic rings. The maximum absolute atomic E-state index is 13.1. The Labute approximate surface area is 180 Å². The van der Waals surface area contributed by atoms with E-state index in [0.717, 1.165) is 22.3 Å². The molecule has 1 fully saturated rings. The van der Waals surface area contributed by atoms with E-state index in [9.17, 15) is 9.59 Å². The lowest BCUT2D eigenvalue weighted by atomic mass is 9.95. The average Bonchev–Trinajstić information content (AvgIpc) is 3.12. The van der Waals surface area contributed by atoms with Crippen LogP contribution in [0.1, 0.15) is 42.2 Å². The van der Waals surface area contributed by atoms with Gasteiger partial charge in [-0.1, -0.05) is 19.1 Å². The van der Waals surface area contributed by atoms with Gasteiger partial charge in [-0.05, 0) is 65.0 Å². The molecule has 0 unspecified atom stereocenters. The second-order valence-corrected chi connectivity index (χ2v) is 8.15. The van der Waals surface area contributed by atoms with Crippen molar-refractivity contribution in [2.24, 2.45) is 5.92 Å². The standard InChI is InChI=1S/C22H28BrN3O3/c1-3-12-24-21(27)17-10-13-25(14-11-17)22(28)19-8-9-20(23)26(19)15-16-4-6-18(29-2)7-5-16/h4-9,17H,3,10-15H2,1-2H3,(H,24,27). The number of nitrogens with one attached hydrogen (secondary N) is 1. The van der Waals surface area contributed by atoms with Gasteiger partial charge in [0.15, 0.2) is 0 Å². The van der Waals surface area contributed by atoms with Crippen LogP contribution in [0.4, 0.5) is 0 Å². The molecule has 1 aliphatic heterocycles. The number of rotatable bonds is 7. The molecule has 1 aromatic heterocycles. The topological polar surface area (TPSA) is 63.6 Å². The van der Waals surface area contributed by atoms with E-state index < -0.39 is 0 Å². The quantitative estimate of drug-likeness (QED) is 0.683. The first-order valence-electron chi connectivity index (χ1n) is 10.1. The van der Waals surface area contributed by atoms with E-state index in [4.69, 9.17) is 4.74 Å². The minimum atomic E-state index is 0.00317. The molecule has 6 nitrogen and oxygen atoms in total. The van der Waals surface area contributed by atoms with E-state index in [1.807, 2.05) is 52.8 Å². The van der Waals surface area contributed by atoms with Crippen LogP contribution < -0.4 is 10.1 Å². The van der Waals surface area contributed by atoms with Gasteiger partial charge in [0, 0.05) is 32.1 Å². The Bertz CT molecular complexity index is 839. The Hall–Kier alpha value is -2.28. The molecule has 7 heteroatoms. The molecule has 3 rings (SSSR count). The summed E-state index contributed by atoms with van der Waals surface area (Å²) in [5.41, 5.74) is 1.74. The number of likely N-dealkylation sites (tertiary alicyclic amines) is 1. The van der Waals surface area contributed by atoms with Crippen molar-refractivity contribution >= 4 is 27.7 Å². The minimum absolute atomic E-state index is 0.00317. The lowest BCUT2D eigenvalue weighted by molar-refractivity contribution is -0.126. The molecule has 0 saturated carbocycles. The zero-order chi connectivity index (χ0) is 20.8. The first kappa shape index (κ1) is 21.4. The number of hydrogen-bond donors (Lipinski definition) is 1. The lowest BCUT2D eigenvalue weighted by Gasteiger charge is -2.31. The van der Waals surface area contributed by atoms with Gasteiger partial charge in [-0.15, -0.1) is 0 Å². The zero-order valence-electron chi connectivity index (χ0n) is 17.0. The van der Waals surface area contributed by atoms with Crippen LogP contribution in [0.2, 0.25) is 0 Å². The number of benzene rings is 1. The normalized spacial score (nSPS) is 14.7. The summed E-state index contributed by atoms with van der Waals surface area (Å²) in [5.74, 6) is 0.937. The fourth-order valence-electron chi connectivity index (χ4n) is 3.60. The van der Waals surface area contributed by atoms with Crippen molar-refractivity contribution < 1.29 is 14.3 Å². The first-order valence-corrected chi connectivity index (χ1v) is 10.9. The number of nitrogens with zero attached hydrogens (tertiary/aromatic N) is 2. The Morgan fingerprint density at radius 1 is 1.14 bits per heavy atom. The molecule has 1 aromatic carbocycles. The van der Waals surface area contributed by atoms with E-state index >= 15 is 0 Å². The van der Waals surface area contributed by atoms with Crippen LogP contribution in [0.3, 0.4) is 0 Å². The highest BCUT2D eigenvalue weighted by Crippen LogP contribution is 2.23. The third kappa shape index (κ3) is 5.21. The van der Waals surface area contributed by atoms with Crippen molar-refractivity contribution in [3.8, 4) is 5.75 Å². The fraction of sp³-hybridized carbons (Fsp3) is 0.455. The van der Waals surface area contributed by atoms with E-state index in [2.05, 4.69) is 21.2 Å². The minimum Gasteiger partial charge on any atom is -0.497 e. The Morgan fingerprint density at radius 3 is 2.45 bits per heavy atom. The van der Waals surface area contributed by atoms with Crippen LogP contribution in [0.15, 0.2) is 41.0 Å². The number of ether oxygens (including phenoxy) is 1. The molecular formula is C22H28BrN3O3. The van der Waals surface area contributed by atoms with Crippen molar-refractivity contribution in [2.75, 3.05) is 26.7 Å². The van der Waals surface area contributed by atoms with Crippen molar-refractivity contribution in [2.45, 2.75) is 32.7 Å². The van der Waals surface area contributed by atoms with Gasteiger partial charge in [0.2, 0.25) is 5.91 Å². The Balaban J connectivity index is 1.65. The van der Waals surface area contributed by atoms with E-state index in [-0.39, 0.29) is 17.7 Å². The van der Waals surface area contributed by atoms with Gasteiger partial charge in [0.1, 0.15) is 11.4 Å². The number of aromatic nitrogens is 1. The van der Waals surface area contributed by atoms with Gasteiger partial charge in [-0.2, -0.15) is 0 Å². The van der Waals surface area contributed by atoms with Gasteiger partial charge in [-0.3, -0.25) is 9.59 Å². The molecule has 1 saturated heterocycles. The summed E-state index contributed by atoms with van der Waals surface area (Å²) in [6, 6.07) is 11.6. The number of halogens is 1. The molecule has 2 amide bonds. The van der Waals surface area contributed by atoms with Crippen molar-refractivity contribution in [1.82, 2.24) is 14.8 Å². The van der Waals surface area contributed by atoms with Gasteiger partial charge < -0.3 is 19.5 Å². The molecule has 0 aliphatic carbocycles. The Morgan fingerprint density at radius 2 is 1.83 bits per heavy atom. The summed E-state index contributed by atoms with van der Waals surface area (Å²) >= 11 is 3.56. The molecule has 0 radical (unpaired) electrons. The van der Waals surface area contributed by atoms with Crippen LogP contribution in [-0.2, 0) is 11.3 Å². The summed E-state index contributed by atoms with van der Waals surface area (Å²) in [4.78, 5) is 27.2. The number of piperidine rings is 1. The zero-order valence-corrected chi connectivity index (χ0v) is 18.6. The third-order valence-corrected chi connectivity index (χ3v) is 6.04. The highest BCUT2D eigenvalue weighted by atomic mass is 79.9. The lowest BCUT2D eigenvalue weighted by Crippen LogP contribution is -2.43. The predicted molar refractivity (Wildman–Crippen MR) is 116 cm³/mol. The first-order chi connectivity index (χ1) is 14.0. The third-order valence-electron chi connectivity index (χ3n) is 5.35. The molecule has 0 spiro atoms. The smallest absolute Gasteiger partial charge is 0.270 e. The summed E-state index contributed by atoms with van der Waals surface area (Å²) in [6.07, 6.45) is 2.35. The molecule has 1 N–H and O–H groups in total. The average molecular weight is 462 g/mol. The van der Waals surface area contributed by atoms with Crippen LogP contribution in [-0.4, -0.2) is 48.0 Å². The summed E-state index contributed by atoms with van der Waals surface area (Å²) < 4.78 is 8.05. The molecular weight excluding hydrogens is 434 g/mol. The monoisotopic (exact) mass is 461 g/mol. The predicted octanol–water partition coefficient (Wildman–Crippen LogP) is 3.69.